The maximum atomic E-state index is 11.5. The van der Waals surface area contributed by atoms with E-state index in [4.69, 9.17) is 5.73 Å². The van der Waals surface area contributed by atoms with E-state index in [0.717, 1.165) is 25.1 Å². The first-order valence-electron chi connectivity index (χ1n) is 5.46. The van der Waals surface area contributed by atoms with Gasteiger partial charge >= 0.3 is 0 Å². The van der Waals surface area contributed by atoms with Crippen LogP contribution in [0.5, 0.6) is 0 Å². The molecule has 3 nitrogen and oxygen atoms in total. The Bertz CT molecular complexity index is 406. The Morgan fingerprint density at radius 2 is 2.38 bits per heavy atom. The quantitative estimate of drug-likeness (QED) is 0.631. The number of nitrogens with zero attached hydrogens (tertiary/aromatic N) is 1. The summed E-state index contributed by atoms with van der Waals surface area (Å²) in [6.07, 6.45) is 2.10. The number of thioether (sulfide) groups is 1. The van der Waals surface area contributed by atoms with E-state index in [0.29, 0.717) is 5.88 Å². The highest BCUT2D eigenvalue weighted by Crippen LogP contribution is 2.30. The van der Waals surface area contributed by atoms with E-state index in [1.54, 1.807) is 18.7 Å². The van der Waals surface area contributed by atoms with E-state index in [1.165, 1.54) is 10.5 Å². The normalized spacial score (nSPS) is 14.8. The van der Waals surface area contributed by atoms with E-state index in [2.05, 4.69) is 6.07 Å². The molecule has 0 aliphatic carbocycles. The summed E-state index contributed by atoms with van der Waals surface area (Å²) >= 11 is 1.63. The minimum atomic E-state index is 0.125. The first-order valence-corrected chi connectivity index (χ1v) is 6.45. The van der Waals surface area contributed by atoms with Crippen molar-refractivity contribution in [2.75, 3.05) is 17.3 Å². The van der Waals surface area contributed by atoms with Crippen molar-refractivity contribution in [1.29, 1.82) is 0 Å². The van der Waals surface area contributed by atoms with Gasteiger partial charge in [-0.15, -0.1) is 11.8 Å². The summed E-state index contributed by atoms with van der Waals surface area (Å²) in [6.45, 7) is 2.46. The fraction of sp³-hybridized carbons (Fsp3) is 0.417. The number of nitrogens with two attached hydrogens (primary N) is 1. The second kappa shape index (κ2) is 4.89. The van der Waals surface area contributed by atoms with Crippen LogP contribution in [0, 0.1) is 0 Å². The second-order valence-corrected chi connectivity index (χ2v) is 4.97. The summed E-state index contributed by atoms with van der Waals surface area (Å²) < 4.78 is 0. The number of benzene rings is 1. The van der Waals surface area contributed by atoms with Crippen molar-refractivity contribution in [3.8, 4) is 0 Å². The minimum absolute atomic E-state index is 0.125. The smallest absolute Gasteiger partial charge is 0.223 e. The molecule has 0 saturated heterocycles. The molecule has 1 aliphatic rings. The number of anilines is 1. The van der Waals surface area contributed by atoms with Crippen LogP contribution in [0.3, 0.4) is 0 Å². The maximum Gasteiger partial charge on any atom is 0.223 e. The Hall–Kier alpha value is -1.00. The molecule has 0 saturated carbocycles. The maximum absolute atomic E-state index is 11.5. The first kappa shape index (κ1) is 11.5. The van der Waals surface area contributed by atoms with Crippen LogP contribution in [-0.4, -0.2) is 18.3 Å². The number of fused-ring (bicyclic) bond motifs is 1. The lowest BCUT2D eigenvalue weighted by molar-refractivity contribution is -0.116. The van der Waals surface area contributed by atoms with Gasteiger partial charge in [-0.3, -0.25) is 4.79 Å². The van der Waals surface area contributed by atoms with Crippen LogP contribution in [-0.2, 0) is 11.2 Å². The Labute approximate surface area is 100.0 Å². The van der Waals surface area contributed by atoms with Gasteiger partial charge in [-0.05, 0) is 36.6 Å². The van der Waals surface area contributed by atoms with Crippen molar-refractivity contribution in [3.05, 3.63) is 23.8 Å². The van der Waals surface area contributed by atoms with E-state index in [1.807, 2.05) is 17.0 Å². The molecule has 4 heteroatoms. The van der Waals surface area contributed by atoms with Crippen molar-refractivity contribution < 1.29 is 4.79 Å². The summed E-state index contributed by atoms with van der Waals surface area (Å²) in [5.41, 5.74) is 7.84. The molecule has 0 spiro atoms. The molecule has 16 heavy (non-hydrogen) atoms. The van der Waals surface area contributed by atoms with Crippen molar-refractivity contribution >= 4 is 23.4 Å². The SMILES string of the molecule is CC(=O)N1CCCc2cc(SCN)ccc21. The zero-order valence-corrected chi connectivity index (χ0v) is 10.2. The fourth-order valence-corrected chi connectivity index (χ4v) is 2.67. The largest absolute Gasteiger partial charge is 0.322 e. The van der Waals surface area contributed by atoms with Gasteiger partial charge in [0.1, 0.15) is 0 Å². The topological polar surface area (TPSA) is 46.3 Å². The molecule has 0 atom stereocenters. The standard InChI is InChI=1S/C12H16N2OS/c1-9(15)14-6-2-3-10-7-11(16-8-13)4-5-12(10)14/h4-5,7H,2-3,6,8,13H2,1H3. The van der Waals surface area contributed by atoms with Crippen LogP contribution in [0.25, 0.3) is 0 Å². The molecule has 1 amide bonds. The summed E-state index contributed by atoms with van der Waals surface area (Å²) in [6, 6.07) is 6.23. The summed E-state index contributed by atoms with van der Waals surface area (Å²) in [7, 11) is 0. The van der Waals surface area contributed by atoms with Gasteiger partial charge in [0.2, 0.25) is 5.91 Å². The van der Waals surface area contributed by atoms with Gasteiger partial charge in [-0.2, -0.15) is 0 Å². The van der Waals surface area contributed by atoms with E-state index < -0.39 is 0 Å². The van der Waals surface area contributed by atoms with Crippen LogP contribution in [0.15, 0.2) is 23.1 Å². The molecule has 0 bridgehead atoms. The molecule has 0 aromatic heterocycles. The number of hydrogen-bond acceptors (Lipinski definition) is 3. The summed E-state index contributed by atoms with van der Waals surface area (Å²) in [5.74, 6) is 0.718. The third-order valence-corrected chi connectivity index (χ3v) is 3.55. The Morgan fingerprint density at radius 3 is 3.06 bits per heavy atom. The zero-order chi connectivity index (χ0) is 11.5. The molecule has 2 N–H and O–H groups in total. The highest BCUT2D eigenvalue weighted by molar-refractivity contribution is 7.99. The molecule has 2 rings (SSSR count). The zero-order valence-electron chi connectivity index (χ0n) is 9.40. The van der Waals surface area contributed by atoms with Crippen LogP contribution in [0.4, 0.5) is 5.69 Å². The average molecular weight is 236 g/mol. The summed E-state index contributed by atoms with van der Waals surface area (Å²) in [4.78, 5) is 14.5. The van der Waals surface area contributed by atoms with Gasteiger partial charge < -0.3 is 10.6 Å². The van der Waals surface area contributed by atoms with E-state index in [9.17, 15) is 4.79 Å². The van der Waals surface area contributed by atoms with Crippen molar-refractivity contribution in [2.24, 2.45) is 5.73 Å². The van der Waals surface area contributed by atoms with Gasteiger partial charge in [0.25, 0.3) is 0 Å². The fourth-order valence-electron chi connectivity index (χ4n) is 2.09. The first-order chi connectivity index (χ1) is 7.72. The molecular formula is C12H16N2OS. The van der Waals surface area contributed by atoms with Crippen molar-refractivity contribution in [3.63, 3.8) is 0 Å². The number of carbonyl (C=O) groups excluding carboxylic acids is 1. The van der Waals surface area contributed by atoms with Crippen LogP contribution >= 0.6 is 11.8 Å². The predicted molar refractivity (Wildman–Crippen MR) is 67.7 cm³/mol. The van der Waals surface area contributed by atoms with Crippen LogP contribution in [0.2, 0.25) is 0 Å². The Morgan fingerprint density at radius 1 is 1.56 bits per heavy atom. The Kier molecular flexibility index (Phi) is 3.51. The van der Waals surface area contributed by atoms with Crippen LogP contribution in [0.1, 0.15) is 18.9 Å². The van der Waals surface area contributed by atoms with Gasteiger partial charge in [0.05, 0.1) is 0 Å². The second-order valence-electron chi connectivity index (χ2n) is 3.88. The number of carbonyl (C=O) groups is 1. The molecule has 86 valence electrons. The molecule has 1 aromatic rings. The highest BCUT2D eigenvalue weighted by Gasteiger charge is 2.19. The predicted octanol–water partition coefficient (Wildman–Crippen LogP) is 1.99. The molecule has 0 unspecified atom stereocenters. The van der Waals surface area contributed by atoms with Gasteiger partial charge in [0.15, 0.2) is 0 Å². The highest BCUT2D eigenvalue weighted by atomic mass is 32.2. The van der Waals surface area contributed by atoms with Crippen molar-refractivity contribution in [2.45, 2.75) is 24.7 Å². The molecule has 1 aliphatic heterocycles. The van der Waals surface area contributed by atoms with Gasteiger partial charge in [-0.1, -0.05) is 0 Å². The van der Waals surface area contributed by atoms with Gasteiger partial charge in [-0.25, -0.2) is 0 Å². The van der Waals surface area contributed by atoms with E-state index >= 15 is 0 Å². The molecule has 1 heterocycles. The van der Waals surface area contributed by atoms with Crippen molar-refractivity contribution in [1.82, 2.24) is 0 Å². The molecule has 0 fully saturated rings. The average Bonchev–Trinajstić information content (AvgIpc) is 2.28. The number of hydrogen-bond donors (Lipinski definition) is 1. The molecule has 1 aromatic carbocycles. The lowest BCUT2D eigenvalue weighted by Gasteiger charge is -2.28. The Balaban J connectivity index is 2.33. The minimum Gasteiger partial charge on any atom is -0.322 e. The molecule has 0 radical (unpaired) electrons. The number of rotatable bonds is 2. The van der Waals surface area contributed by atoms with Gasteiger partial charge in [0, 0.05) is 29.9 Å². The van der Waals surface area contributed by atoms with Crippen LogP contribution < -0.4 is 10.6 Å². The third kappa shape index (κ3) is 2.23. The lowest BCUT2D eigenvalue weighted by atomic mass is 10.0. The third-order valence-electron chi connectivity index (χ3n) is 2.80. The lowest BCUT2D eigenvalue weighted by Crippen LogP contribution is -2.33. The number of amides is 1. The molecular weight excluding hydrogens is 220 g/mol. The monoisotopic (exact) mass is 236 g/mol. The van der Waals surface area contributed by atoms with E-state index in [-0.39, 0.29) is 5.91 Å². The number of aryl methyl sites for hydroxylation is 1. The summed E-state index contributed by atoms with van der Waals surface area (Å²) in [5, 5.41) is 0.